The zero-order valence-electron chi connectivity index (χ0n) is 8.51. The number of aliphatic hydroxyl groups is 3. The van der Waals surface area contributed by atoms with E-state index in [1.807, 2.05) is 0 Å². The van der Waals surface area contributed by atoms with Gasteiger partial charge in [0.25, 0.3) is 0 Å². The minimum atomic E-state index is -1.22. The fourth-order valence-electron chi connectivity index (χ4n) is 1.39. The molecule has 5 nitrogen and oxygen atoms in total. The van der Waals surface area contributed by atoms with Crippen molar-refractivity contribution < 1.29 is 15.3 Å². The highest BCUT2D eigenvalue weighted by molar-refractivity contribution is 5.66. The normalized spacial score (nSPS) is 14.9. The zero-order chi connectivity index (χ0) is 11.6. The molecule has 0 aliphatic rings. The predicted molar refractivity (Wildman–Crippen MR) is 58.1 cm³/mol. The maximum Gasteiger partial charge on any atom is 0.107 e. The van der Waals surface area contributed by atoms with Gasteiger partial charge in [0.1, 0.15) is 12.2 Å². The van der Waals surface area contributed by atoms with Gasteiger partial charge in [-0.1, -0.05) is 0 Å². The lowest BCUT2D eigenvalue weighted by atomic mass is 9.98. The van der Waals surface area contributed by atoms with E-state index in [2.05, 4.69) is 0 Å². The highest BCUT2D eigenvalue weighted by Gasteiger charge is 2.19. The van der Waals surface area contributed by atoms with Gasteiger partial charge in [-0.15, -0.1) is 0 Å². The Morgan fingerprint density at radius 1 is 1.20 bits per heavy atom. The van der Waals surface area contributed by atoms with E-state index in [1.54, 1.807) is 13.0 Å². The lowest BCUT2D eigenvalue weighted by Crippen LogP contribution is -2.23. The van der Waals surface area contributed by atoms with E-state index in [0.29, 0.717) is 16.9 Å². The Kier molecular flexibility index (Phi) is 3.52. The summed E-state index contributed by atoms with van der Waals surface area (Å²) in [5.41, 5.74) is 13.1. The van der Waals surface area contributed by atoms with Crippen molar-refractivity contribution >= 4 is 11.4 Å². The van der Waals surface area contributed by atoms with Crippen LogP contribution in [0.4, 0.5) is 11.4 Å². The van der Waals surface area contributed by atoms with Crippen molar-refractivity contribution in [1.29, 1.82) is 0 Å². The maximum atomic E-state index is 9.68. The van der Waals surface area contributed by atoms with Crippen molar-refractivity contribution in [2.24, 2.45) is 0 Å². The highest BCUT2D eigenvalue weighted by atomic mass is 16.4. The molecule has 0 spiro atoms. The summed E-state index contributed by atoms with van der Waals surface area (Å²) in [4.78, 5) is 0. The van der Waals surface area contributed by atoms with Gasteiger partial charge in [-0.2, -0.15) is 0 Å². The smallest absolute Gasteiger partial charge is 0.107 e. The lowest BCUT2D eigenvalue weighted by molar-refractivity contribution is -0.0155. The molecule has 0 aliphatic carbocycles. The Morgan fingerprint density at radius 3 is 2.27 bits per heavy atom. The molecular formula is C10H16N2O3. The first-order valence-corrected chi connectivity index (χ1v) is 4.59. The molecule has 84 valence electrons. The molecule has 2 atom stereocenters. The number of rotatable bonds is 3. The van der Waals surface area contributed by atoms with E-state index in [4.69, 9.17) is 16.6 Å². The van der Waals surface area contributed by atoms with Crippen LogP contribution in [0.25, 0.3) is 0 Å². The number of benzene rings is 1. The molecule has 0 heterocycles. The van der Waals surface area contributed by atoms with Gasteiger partial charge in [-0.05, 0) is 30.2 Å². The lowest BCUT2D eigenvalue weighted by Gasteiger charge is -2.19. The second-order valence-corrected chi connectivity index (χ2v) is 3.53. The maximum absolute atomic E-state index is 9.68. The van der Waals surface area contributed by atoms with Crippen molar-refractivity contribution in [2.75, 3.05) is 18.1 Å². The molecule has 0 bridgehead atoms. The molecule has 2 unspecified atom stereocenters. The number of hydrogen-bond donors (Lipinski definition) is 5. The molecule has 0 aromatic heterocycles. The third-order valence-electron chi connectivity index (χ3n) is 2.34. The molecule has 1 aromatic carbocycles. The van der Waals surface area contributed by atoms with E-state index >= 15 is 0 Å². The molecule has 0 aliphatic heterocycles. The summed E-state index contributed by atoms with van der Waals surface area (Å²) < 4.78 is 0. The second kappa shape index (κ2) is 4.48. The molecule has 0 radical (unpaired) electrons. The molecule has 0 amide bonds. The Bertz CT molecular complexity index is 355. The zero-order valence-corrected chi connectivity index (χ0v) is 8.51. The van der Waals surface area contributed by atoms with Gasteiger partial charge in [0.05, 0.1) is 18.0 Å². The summed E-state index contributed by atoms with van der Waals surface area (Å²) in [7, 11) is 0. The Balaban J connectivity index is 3.09. The van der Waals surface area contributed by atoms with Crippen LogP contribution in [0.1, 0.15) is 17.2 Å². The van der Waals surface area contributed by atoms with Gasteiger partial charge in [-0.3, -0.25) is 0 Å². The first-order chi connectivity index (χ1) is 6.97. The number of hydrogen-bond acceptors (Lipinski definition) is 5. The first kappa shape index (κ1) is 11.8. The molecule has 0 saturated heterocycles. The molecule has 5 heteroatoms. The van der Waals surface area contributed by atoms with E-state index in [1.165, 1.54) is 6.07 Å². The first-order valence-electron chi connectivity index (χ1n) is 4.59. The number of anilines is 2. The fourth-order valence-corrected chi connectivity index (χ4v) is 1.39. The van der Waals surface area contributed by atoms with Gasteiger partial charge in [-0.25, -0.2) is 0 Å². The predicted octanol–water partition coefficient (Wildman–Crippen LogP) is -0.454. The standard InChI is InChI=1S/C10H16N2O3/c1-5-2-7(11)8(12)3-6(5)10(15)9(14)4-13/h2-3,9-10,13-15H,4,11-12H2,1H3. The fraction of sp³-hybridized carbons (Fsp3) is 0.400. The Morgan fingerprint density at radius 2 is 1.73 bits per heavy atom. The van der Waals surface area contributed by atoms with Gasteiger partial charge in [0.2, 0.25) is 0 Å². The average Bonchev–Trinajstić information content (AvgIpc) is 2.21. The summed E-state index contributed by atoms with van der Waals surface area (Å²) in [6.45, 7) is 1.24. The number of nitrogen functional groups attached to an aromatic ring is 2. The van der Waals surface area contributed by atoms with Gasteiger partial charge >= 0.3 is 0 Å². The minimum Gasteiger partial charge on any atom is -0.397 e. The van der Waals surface area contributed by atoms with Crippen molar-refractivity contribution in [3.05, 3.63) is 23.3 Å². The summed E-state index contributed by atoms with van der Waals surface area (Å²) >= 11 is 0. The summed E-state index contributed by atoms with van der Waals surface area (Å²) in [5, 5.41) is 27.7. The molecule has 1 rings (SSSR count). The number of nitrogens with two attached hydrogens (primary N) is 2. The third-order valence-corrected chi connectivity index (χ3v) is 2.34. The molecular weight excluding hydrogens is 196 g/mol. The van der Waals surface area contributed by atoms with E-state index < -0.39 is 18.8 Å². The van der Waals surface area contributed by atoms with Crippen LogP contribution in [-0.4, -0.2) is 28.0 Å². The van der Waals surface area contributed by atoms with Crippen LogP contribution in [0.15, 0.2) is 12.1 Å². The highest BCUT2D eigenvalue weighted by Crippen LogP contribution is 2.27. The topological polar surface area (TPSA) is 113 Å². The van der Waals surface area contributed by atoms with Crippen LogP contribution in [-0.2, 0) is 0 Å². The second-order valence-electron chi connectivity index (χ2n) is 3.53. The van der Waals surface area contributed by atoms with Gasteiger partial charge in [0.15, 0.2) is 0 Å². The van der Waals surface area contributed by atoms with Gasteiger partial charge in [0, 0.05) is 0 Å². The van der Waals surface area contributed by atoms with Crippen molar-refractivity contribution in [2.45, 2.75) is 19.1 Å². The Labute approximate surface area is 88.0 Å². The van der Waals surface area contributed by atoms with Crippen molar-refractivity contribution in [3.63, 3.8) is 0 Å². The molecule has 0 fully saturated rings. The summed E-state index contributed by atoms with van der Waals surface area (Å²) in [5.74, 6) is 0. The molecule has 7 N–H and O–H groups in total. The number of aryl methyl sites for hydroxylation is 1. The van der Waals surface area contributed by atoms with Crippen LogP contribution in [0.2, 0.25) is 0 Å². The molecule has 1 aromatic rings. The summed E-state index contributed by atoms with van der Waals surface area (Å²) in [6.07, 6.45) is -2.37. The molecule has 0 saturated carbocycles. The third kappa shape index (κ3) is 2.38. The van der Waals surface area contributed by atoms with Crippen molar-refractivity contribution in [3.8, 4) is 0 Å². The van der Waals surface area contributed by atoms with Crippen molar-refractivity contribution in [1.82, 2.24) is 0 Å². The SMILES string of the molecule is Cc1cc(N)c(N)cc1C(O)C(O)CO. The molecule has 15 heavy (non-hydrogen) atoms. The van der Waals surface area contributed by atoms with Crippen LogP contribution in [0.3, 0.4) is 0 Å². The average molecular weight is 212 g/mol. The van der Waals surface area contributed by atoms with Crippen LogP contribution in [0, 0.1) is 6.92 Å². The van der Waals surface area contributed by atoms with Crippen LogP contribution >= 0.6 is 0 Å². The van der Waals surface area contributed by atoms with E-state index in [9.17, 15) is 10.2 Å². The number of aliphatic hydroxyl groups excluding tert-OH is 3. The van der Waals surface area contributed by atoms with Gasteiger partial charge < -0.3 is 26.8 Å². The van der Waals surface area contributed by atoms with Crippen LogP contribution < -0.4 is 11.5 Å². The van der Waals surface area contributed by atoms with E-state index in [0.717, 1.165) is 5.56 Å². The van der Waals surface area contributed by atoms with Crippen LogP contribution in [0.5, 0.6) is 0 Å². The Hall–Kier alpha value is -1.30. The largest absolute Gasteiger partial charge is 0.397 e. The minimum absolute atomic E-state index is 0.347. The quantitative estimate of drug-likeness (QED) is 0.435. The summed E-state index contributed by atoms with van der Waals surface area (Å²) in [6, 6.07) is 3.13. The van der Waals surface area contributed by atoms with E-state index in [-0.39, 0.29) is 0 Å². The monoisotopic (exact) mass is 212 g/mol.